The van der Waals surface area contributed by atoms with Crippen molar-refractivity contribution in [3.05, 3.63) is 169 Å². The molecule has 274 valence electrons. The summed E-state index contributed by atoms with van der Waals surface area (Å²) in [6.07, 6.45) is 2.67. The first-order chi connectivity index (χ1) is 26.8. The first-order valence-corrected chi connectivity index (χ1v) is 16.8. The molecule has 2 heterocycles. The lowest BCUT2D eigenvalue weighted by Gasteiger charge is -2.10. The van der Waals surface area contributed by atoms with Gasteiger partial charge in [0.15, 0.2) is 0 Å². The highest BCUT2D eigenvalue weighted by Gasteiger charge is 2.07. The van der Waals surface area contributed by atoms with Gasteiger partial charge in [-0.05, 0) is 91.0 Å². The molecule has 7 rings (SSSR count). The summed E-state index contributed by atoms with van der Waals surface area (Å²) >= 11 is 5.77. The number of carbonyl (C=O) groups excluding carboxylic acids is 2. The Bertz CT molecular complexity index is 2320. The van der Waals surface area contributed by atoms with Gasteiger partial charge in [0.2, 0.25) is 11.8 Å². The van der Waals surface area contributed by atoms with E-state index in [0.29, 0.717) is 57.0 Å². The van der Waals surface area contributed by atoms with Crippen molar-refractivity contribution < 1.29 is 23.5 Å². The van der Waals surface area contributed by atoms with Crippen LogP contribution in [-0.2, 0) is 0 Å². The minimum Gasteiger partial charge on any atom is -0.439 e. The summed E-state index contributed by atoms with van der Waals surface area (Å²) in [4.78, 5) is 39.9. The van der Waals surface area contributed by atoms with Crippen LogP contribution in [0.15, 0.2) is 158 Å². The largest absolute Gasteiger partial charge is 0.439 e. The number of para-hydroxylation sites is 2. The molecule has 5 N–H and O–H groups in total. The molecule has 13 nitrogen and oxygen atoms in total. The van der Waals surface area contributed by atoms with E-state index in [1.54, 1.807) is 78.9 Å². The van der Waals surface area contributed by atoms with E-state index in [-0.39, 0.29) is 17.9 Å². The maximum Gasteiger partial charge on any atom is 0.323 e. The topological polar surface area (TPSA) is 164 Å². The fourth-order valence-electron chi connectivity index (χ4n) is 4.63. The summed E-state index contributed by atoms with van der Waals surface area (Å²) < 4.78 is 24.6. The van der Waals surface area contributed by atoms with Crippen LogP contribution in [0.5, 0.6) is 23.3 Å². The number of aromatic nitrogens is 4. The highest BCUT2D eigenvalue weighted by Crippen LogP contribution is 2.25. The molecule has 0 fully saturated rings. The van der Waals surface area contributed by atoms with Gasteiger partial charge < -0.3 is 36.1 Å². The Kier molecular flexibility index (Phi) is 12.7. The van der Waals surface area contributed by atoms with Crippen LogP contribution < -0.4 is 36.1 Å². The highest BCUT2D eigenvalue weighted by atomic mass is 35.5. The van der Waals surface area contributed by atoms with Gasteiger partial charge >= 0.3 is 12.1 Å². The van der Waals surface area contributed by atoms with E-state index in [0.717, 1.165) is 5.69 Å². The van der Waals surface area contributed by atoms with Gasteiger partial charge in [-0.15, -0.1) is 0 Å². The molecule has 15 heteroatoms. The van der Waals surface area contributed by atoms with Gasteiger partial charge in [0.1, 0.15) is 40.9 Å². The van der Waals surface area contributed by atoms with Crippen LogP contribution in [0.25, 0.3) is 0 Å². The van der Waals surface area contributed by atoms with E-state index in [1.165, 1.54) is 30.9 Å². The molecule has 4 amide bonds. The Morgan fingerprint density at radius 1 is 0.491 bits per heavy atom. The molecular formula is C40H31ClFN9O4. The van der Waals surface area contributed by atoms with Gasteiger partial charge in [0.05, 0.1) is 0 Å². The number of halogens is 2. The Morgan fingerprint density at radius 3 is 1.44 bits per heavy atom. The number of nitrogens with one attached hydrogen (secondary N) is 5. The molecule has 55 heavy (non-hydrogen) atoms. The van der Waals surface area contributed by atoms with Gasteiger partial charge in [0, 0.05) is 40.6 Å². The second-order valence-corrected chi connectivity index (χ2v) is 11.6. The molecule has 0 aliphatic carbocycles. The molecule has 0 spiro atoms. The normalized spacial score (nSPS) is 10.1. The third kappa shape index (κ3) is 12.3. The number of rotatable bonds is 10. The van der Waals surface area contributed by atoms with Crippen LogP contribution in [0.4, 0.5) is 48.2 Å². The first kappa shape index (κ1) is 37.2. The van der Waals surface area contributed by atoms with Gasteiger partial charge in [0.25, 0.3) is 0 Å². The first-order valence-electron chi connectivity index (χ1n) is 16.5. The Labute approximate surface area is 319 Å². The number of hydrogen-bond donors (Lipinski definition) is 5. The molecule has 2 aromatic heterocycles. The van der Waals surface area contributed by atoms with E-state index >= 15 is 0 Å². The van der Waals surface area contributed by atoms with Crippen molar-refractivity contribution >= 4 is 57.9 Å². The monoisotopic (exact) mass is 755 g/mol. The van der Waals surface area contributed by atoms with Crippen molar-refractivity contribution in [3.63, 3.8) is 0 Å². The van der Waals surface area contributed by atoms with Gasteiger partial charge in [-0.25, -0.2) is 33.9 Å². The number of carbonyl (C=O) groups is 2. The number of ether oxygens (including phenoxy) is 2. The van der Waals surface area contributed by atoms with Crippen LogP contribution in [-0.4, -0.2) is 32.0 Å². The van der Waals surface area contributed by atoms with Gasteiger partial charge in [-0.3, -0.25) is 0 Å². The van der Waals surface area contributed by atoms with Crippen LogP contribution >= 0.6 is 11.6 Å². The average Bonchev–Trinajstić information content (AvgIpc) is 3.18. The Morgan fingerprint density at radius 2 is 0.945 bits per heavy atom. The van der Waals surface area contributed by atoms with E-state index in [2.05, 4.69) is 46.5 Å². The second kappa shape index (κ2) is 18.8. The molecule has 5 aromatic carbocycles. The Balaban J connectivity index is 0.000000193. The smallest absolute Gasteiger partial charge is 0.323 e. The quantitative estimate of drug-likeness (QED) is 0.0854. The fourth-order valence-corrected chi connectivity index (χ4v) is 4.77. The Hall–Kier alpha value is -7.58. The van der Waals surface area contributed by atoms with E-state index < -0.39 is 0 Å². The minimum atomic E-state index is -0.346. The summed E-state index contributed by atoms with van der Waals surface area (Å²) in [7, 11) is 0. The lowest BCUT2D eigenvalue weighted by Crippen LogP contribution is -2.19. The highest BCUT2D eigenvalue weighted by molar-refractivity contribution is 6.29. The number of hydrogen-bond acceptors (Lipinski definition) is 9. The van der Waals surface area contributed by atoms with Crippen molar-refractivity contribution in [2.24, 2.45) is 0 Å². The maximum atomic E-state index is 13.3. The standard InChI is InChI=1S/C23H18FN5O2.C17H13ClN4O2/c24-16-5-4-8-19(13-16)27-21-14-22(26-15-25-21)31-20-11-9-18(10-12-20)29-23(30)28-17-6-2-1-3-7-17;18-15-10-16(20-11-19-15)24-14-8-6-13(7-9-14)22-17(23)21-12-4-2-1-3-5-12/h1-15H,(H,25,26,27)(H2,28,29,30);1-11H,(H2,21,22,23). The van der Waals surface area contributed by atoms with E-state index in [1.807, 2.05) is 48.5 Å². The number of anilines is 6. The zero-order valence-electron chi connectivity index (χ0n) is 28.7. The predicted molar refractivity (Wildman–Crippen MR) is 210 cm³/mol. The molecule has 0 atom stereocenters. The SMILES string of the molecule is O=C(Nc1ccccc1)Nc1ccc(Oc2cc(Cl)ncn2)cc1.O=C(Nc1ccccc1)Nc1ccc(Oc2cc(Nc3cccc(F)c3)ncn2)cc1. The molecule has 0 saturated heterocycles. The summed E-state index contributed by atoms with van der Waals surface area (Å²) in [6, 6.07) is 40.6. The third-order valence-electron chi connectivity index (χ3n) is 7.08. The van der Waals surface area contributed by atoms with Crippen LogP contribution in [0, 0.1) is 5.82 Å². The van der Waals surface area contributed by atoms with Gasteiger partial charge in [-0.2, -0.15) is 0 Å². The van der Waals surface area contributed by atoms with Crippen LogP contribution in [0.2, 0.25) is 5.15 Å². The van der Waals surface area contributed by atoms with Gasteiger partial charge in [-0.1, -0.05) is 54.1 Å². The molecular weight excluding hydrogens is 725 g/mol. The maximum absolute atomic E-state index is 13.3. The lowest BCUT2D eigenvalue weighted by atomic mass is 10.3. The molecule has 0 aliphatic rings. The van der Waals surface area contributed by atoms with Crippen LogP contribution in [0.1, 0.15) is 0 Å². The predicted octanol–water partition coefficient (Wildman–Crippen LogP) is 10.4. The van der Waals surface area contributed by atoms with Crippen molar-refractivity contribution in [2.45, 2.75) is 0 Å². The zero-order valence-corrected chi connectivity index (χ0v) is 29.4. The molecule has 0 unspecified atom stereocenters. The number of amides is 4. The van der Waals surface area contributed by atoms with E-state index in [4.69, 9.17) is 21.1 Å². The van der Waals surface area contributed by atoms with E-state index in [9.17, 15) is 14.0 Å². The summed E-state index contributed by atoms with van der Waals surface area (Å²) in [5.74, 6) is 1.88. The molecule has 7 aromatic rings. The lowest BCUT2D eigenvalue weighted by molar-refractivity contribution is 0.261. The van der Waals surface area contributed by atoms with Crippen LogP contribution in [0.3, 0.4) is 0 Å². The molecule has 0 aliphatic heterocycles. The van der Waals surface area contributed by atoms with Crippen molar-refractivity contribution in [1.29, 1.82) is 0 Å². The number of nitrogens with zero attached hydrogens (tertiary/aromatic N) is 4. The fraction of sp³-hybridized carbons (Fsp3) is 0. The molecule has 0 saturated carbocycles. The van der Waals surface area contributed by atoms with Crippen molar-refractivity contribution in [2.75, 3.05) is 26.6 Å². The summed E-state index contributed by atoms with van der Waals surface area (Å²) in [5, 5.41) is 14.3. The zero-order chi connectivity index (χ0) is 38.2. The van der Waals surface area contributed by atoms with Crippen molar-refractivity contribution in [1.82, 2.24) is 19.9 Å². The summed E-state index contributed by atoms with van der Waals surface area (Å²) in [6.45, 7) is 0. The van der Waals surface area contributed by atoms with Crippen molar-refractivity contribution in [3.8, 4) is 23.3 Å². The second-order valence-electron chi connectivity index (χ2n) is 11.2. The molecule has 0 radical (unpaired) electrons. The summed E-state index contributed by atoms with van der Waals surface area (Å²) in [5.41, 5.74) is 3.23. The third-order valence-corrected chi connectivity index (χ3v) is 7.29. The average molecular weight is 756 g/mol. The number of urea groups is 2. The minimum absolute atomic E-state index is 0.302. The molecule has 0 bridgehead atoms. The number of benzene rings is 5.